The van der Waals surface area contributed by atoms with E-state index in [-0.39, 0.29) is 11.8 Å². The first-order chi connectivity index (χ1) is 8.00. The highest BCUT2D eigenvalue weighted by Gasteiger charge is 2.16. The molecule has 4 nitrogen and oxygen atoms in total. The van der Waals surface area contributed by atoms with Crippen molar-refractivity contribution in [1.82, 2.24) is 5.32 Å². The maximum absolute atomic E-state index is 11.6. The van der Waals surface area contributed by atoms with Crippen LogP contribution >= 0.6 is 0 Å². The number of nitrogens with one attached hydrogen (secondary N) is 1. The molecule has 0 bridgehead atoms. The first-order valence-electron chi connectivity index (χ1n) is 5.58. The minimum atomic E-state index is -1.02. The lowest BCUT2D eigenvalue weighted by Gasteiger charge is -2.13. The summed E-state index contributed by atoms with van der Waals surface area (Å²) >= 11 is 0. The van der Waals surface area contributed by atoms with Crippen molar-refractivity contribution in [3.63, 3.8) is 0 Å². The topological polar surface area (TPSA) is 66.4 Å². The molecule has 4 heteroatoms. The van der Waals surface area contributed by atoms with Gasteiger partial charge < -0.3 is 10.4 Å². The number of aliphatic carboxylic acids is 1. The van der Waals surface area contributed by atoms with E-state index in [0.717, 1.165) is 5.56 Å². The number of rotatable bonds is 5. The van der Waals surface area contributed by atoms with Gasteiger partial charge in [0, 0.05) is 6.42 Å². The van der Waals surface area contributed by atoms with Crippen LogP contribution in [0.15, 0.2) is 30.3 Å². The molecule has 0 heterocycles. The summed E-state index contributed by atoms with van der Waals surface area (Å²) < 4.78 is 0. The lowest BCUT2D eigenvalue weighted by atomic mass is 9.97. The number of carboxylic acids is 1. The summed E-state index contributed by atoms with van der Waals surface area (Å²) in [6.45, 7) is 3.40. The van der Waals surface area contributed by atoms with Gasteiger partial charge in [-0.1, -0.05) is 37.3 Å². The Morgan fingerprint density at radius 1 is 1.24 bits per heavy atom. The van der Waals surface area contributed by atoms with Crippen molar-refractivity contribution in [2.45, 2.75) is 32.2 Å². The normalized spacial score (nSPS) is 13.8. The molecule has 0 spiro atoms. The Morgan fingerprint density at radius 2 is 1.82 bits per heavy atom. The maximum atomic E-state index is 11.6. The van der Waals surface area contributed by atoms with Gasteiger partial charge >= 0.3 is 5.97 Å². The van der Waals surface area contributed by atoms with Crippen LogP contribution in [0.25, 0.3) is 0 Å². The number of hydrogen-bond acceptors (Lipinski definition) is 2. The van der Waals surface area contributed by atoms with Crippen LogP contribution in [-0.4, -0.2) is 23.0 Å². The molecule has 0 saturated carbocycles. The zero-order valence-corrected chi connectivity index (χ0v) is 10.0. The first kappa shape index (κ1) is 13.2. The van der Waals surface area contributed by atoms with E-state index in [1.54, 1.807) is 0 Å². The Kier molecular flexibility index (Phi) is 4.69. The lowest BCUT2D eigenvalue weighted by molar-refractivity contribution is -0.141. The fourth-order valence-electron chi connectivity index (χ4n) is 1.54. The molecule has 0 aliphatic rings. The maximum Gasteiger partial charge on any atom is 0.325 e. The first-order valence-corrected chi connectivity index (χ1v) is 5.58. The average Bonchev–Trinajstić information content (AvgIpc) is 2.29. The number of carbonyl (C=O) groups is 2. The standard InChI is InChI=1S/C13H17NO3/c1-9(11-6-4-3-5-7-11)8-12(15)14-10(2)13(16)17/h3-7,9-10H,8H2,1-2H3,(H,14,15)(H,16,17)/t9?,10-/m0/s1. The summed E-state index contributed by atoms with van der Waals surface area (Å²) in [5, 5.41) is 11.1. The number of amides is 1. The van der Waals surface area contributed by atoms with E-state index in [0.29, 0.717) is 6.42 Å². The van der Waals surface area contributed by atoms with Gasteiger partial charge in [-0.3, -0.25) is 9.59 Å². The van der Waals surface area contributed by atoms with Crippen molar-refractivity contribution < 1.29 is 14.7 Å². The second-order valence-corrected chi connectivity index (χ2v) is 4.14. The smallest absolute Gasteiger partial charge is 0.325 e. The van der Waals surface area contributed by atoms with Crippen LogP contribution in [0.2, 0.25) is 0 Å². The molecular formula is C13H17NO3. The molecule has 1 aromatic rings. The van der Waals surface area contributed by atoms with Gasteiger partial charge in [0.15, 0.2) is 0 Å². The van der Waals surface area contributed by atoms with Crippen LogP contribution in [0.1, 0.15) is 31.7 Å². The molecule has 0 aliphatic carbocycles. The van der Waals surface area contributed by atoms with Crippen molar-refractivity contribution in [2.24, 2.45) is 0 Å². The molecule has 1 unspecified atom stereocenters. The van der Waals surface area contributed by atoms with Crippen LogP contribution < -0.4 is 5.32 Å². The van der Waals surface area contributed by atoms with E-state index >= 15 is 0 Å². The molecule has 17 heavy (non-hydrogen) atoms. The fraction of sp³-hybridized carbons (Fsp3) is 0.385. The Balaban J connectivity index is 2.49. The highest BCUT2D eigenvalue weighted by molar-refractivity contribution is 5.83. The van der Waals surface area contributed by atoms with Crippen LogP contribution in [0.5, 0.6) is 0 Å². The van der Waals surface area contributed by atoms with Crippen molar-refractivity contribution in [3.8, 4) is 0 Å². The minimum Gasteiger partial charge on any atom is -0.480 e. The van der Waals surface area contributed by atoms with Crippen LogP contribution in [0, 0.1) is 0 Å². The van der Waals surface area contributed by atoms with Gasteiger partial charge in [-0.2, -0.15) is 0 Å². The van der Waals surface area contributed by atoms with Crippen LogP contribution in [0.4, 0.5) is 0 Å². The molecule has 1 rings (SSSR count). The second-order valence-electron chi connectivity index (χ2n) is 4.14. The quantitative estimate of drug-likeness (QED) is 0.817. The fourth-order valence-corrected chi connectivity index (χ4v) is 1.54. The number of carboxylic acid groups (broad SMARTS) is 1. The average molecular weight is 235 g/mol. The van der Waals surface area contributed by atoms with Crippen LogP contribution in [-0.2, 0) is 9.59 Å². The lowest BCUT2D eigenvalue weighted by Crippen LogP contribution is -2.38. The summed E-state index contributed by atoms with van der Waals surface area (Å²) in [5.41, 5.74) is 1.07. The summed E-state index contributed by atoms with van der Waals surface area (Å²) in [5.74, 6) is -1.18. The summed E-state index contributed by atoms with van der Waals surface area (Å²) in [7, 11) is 0. The third kappa shape index (κ3) is 4.26. The largest absolute Gasteiger partial charge is 0.480 e. The monoisotopic (exact) mass is 235 g/mol. The zero-order chi connectivity index (χ0) is 12.8. The van der Waals surface area contributed by atoms with Crippen molar-refractivity contribution in [3.05, 3.63) is 35.9 Å². The molecule has 0 aliphatic heterocycles. The molecule has 0 fully saturated rings. The van der Waals surface area contributed by atoms with E-state index in [1.165, 1.54) is 6.92 Å². The Bertz CT molecular complexity index is 389. The van der Waals surface area contributed by atoms with E-state index in [4.69, 9.17) is 5.11 Å². The Morgan fingerprint density at radius 3 is 2.35 bits per heavy atom. The van der Waals surface area contributed by atoms with Gasteiger partial charge in [0.05, 0.1) is 0 Å². The number of benzene rings is 1. The Hall–Kier alpha value is -1.84. The van der Waals surface area contributed by atoms with Gasteiger partial charge in [0.1, 0.15) is 6.04 Å². The zero-order valence-electron chi connectivity index (χ0n) is 10.0. The minimum absolute atomic E-state index is 0.0807. The molecule has 0 aromatic heterocycles. The summed E-state index contributed by atoms with van der Waals surface area (Å²) in [6, 6.07) is 8.83. The van der Waals surface area contributed by atoms with E-state index < -0.39 is 12.0 Å². The van der Waals surface area contributed by atoms with Crippen molar-refractivity contribution in [2.75, 3.05) is 0 Å². The molecule has 0 radical (unpaired) electrons. The summed E-state index contributed by atoms with van der Waals surface area (Å²) in [6.07, 6.45) is 0.293. The van der Waals surface area contributed by atoms with Gasteiger partial charge in [0.25, 0.3) is 0 Å². The van der Waals surface area contributed by atoms with E-state index in [9.17, 15) is 9.59 Å². The second kappa shape index (κ2) is 6.03. The van der Waals surface area contributed by atoms with Gasteiger partial charge in [-0.25, -0.2) is 0 Å². The van der Waals surface area contributed by atoms with Gasteiger partial charge in [-0.05, 0) is 18.4 Å². The predicted octanol–water partition coefficient (Wildman–Crippen LogP) is 1.77. The third-order valence-corrected chi connectivity index (χ3v) is 2.61. The molecule has 1 aromatic carbocycles. The van der Waals surface area contributed by atoms with E-state index in [2.05, 4.69) is 5.32 Å². The van der Waals surface area contributed by atoms with Gasteiger partial charge in [-0.15, -0.1) is 0 Å². The highest BCUT2D eigenvalue weighted by Crippen LogP contribution is 2.18. The molecular weight excluding hydrogens is 218 g/mol. The summed E-state index contributed by atoms with van der Waals surface area (Å²) in [4.78, 5) is 22.1. The third-order valence-electron chi connectivity index (χ3n) is 2.61. The molecule has 92 valence electrons. The molecule has 2 atom stereocenters. The molecule has 1 amide bonds. The SMILES string of the molecule is CC(CC(=O)N[C@@H](C)C(=O)O)c1ccccc1. The number of carbonyl (C=O) groups excluding carboxylic acids is 1. The highest BCUT2D eigenvalue weighted by atomic mass is 16.4. The van der Waals surface area contributed by atoms with Crippen LogP contribution in [0.3, 0.4) is 0 Å². The Labute approximate surface area is 101 Å². The van der Waals surface area contributed by atoms with Crippen molar-refractivity contribution >= 4 is 11.9 Å². The molecule has 2 N–H and O–H groups in total. The molecule has 0 saturated heterocycles. The van der Waals surface area contributed by atoms with Crippen molar-refractivity contribution in [1.29, 1.82) is 0 Å². The number of hydrogen-bond donors (Lipinski definition) is 2. The predicted molar refractivity (Wildman–Crippen MR) is 64.7 cm³/mol. The van der Waals surface area contributed by atoms with E-state index in [1.807, 2.05) is 37.3 Å². The van der Waals surface area contributed by atoms with Gasteiger partial charge in [0.2, 0.25) is 5.91 Å².